The molecule has 0 aliphatic rings. The van der Waals surface area contributed by atoms with Crippen LogP contribution in [0.3, 0.4) is 0 Å². The van der Waals surface area contributed by atoms with Crippen LogP contribution in [0, 0.1) is 11.3 Å². The smallest absolute Gasteiger partial charge is 0.137 e. The number of rotatable bonds is 4. The molecule has 1 aromatic heterocycles. The highest BCUT2D eigenvalue weighted by atomic mass is 15.0. The maximum atomic E-state index is 5.78. The summed E-state index contributed by atoms with van der Waals surface area (Å²) in [6, 6.07) is 5.72. The average molecular weight is 258 g/mol. The van der Waals surface area contributed by atoms with Gasteiger partial charge in [0, 0.05) is 17.6 Å². The summed E-state index contributed by atoms with van der Waals surface area (Å²) < 4.78 is 0. The molecule has 2 aromatic rings. The van der Waals surface area contributed by atoms with Crippen LogP contribution >= 0.6 is 0 Å². The molecule has 0 spiro atoms. The van der Waals surface area contributed by atoms with Crippen molar-refractivity contribution in [2.24, 2.45) is 11.3 Å². The van der Waals surface area contributed by atoms with E-state index in [-0.39, 0.29) is 5.41 Å². The van der Waals surface area contributed by atoms with Gasteiger partial charge in [0.05, 0.1) is 5.52 Å². The Morgan fingerprint density at radius 3 is 2.68 bits per heavy atom. The monoisotopic (exact) mass is 258 g/mol. The highest BCUT2D eigenvalue weighted by molar-refractivity contribution is 5.90. The first kappa shape index (κ1) is 13.6. The first-order valence-electron chi connectivity index (χ1n) is 6.64. The number of anilines is 2. The van der Waals surface area contributed by atoms with E-state index in [1.807, 2.05) is 18.2 Å². The molecule has 1 heterocycles. The zero-order chi connectivity index (χ0) is 14.0. The molecule has 0 saturated carbocycles. The maximum Gasteiger partial charge on any atom is 0.137 e. The molecule has 0 unspecified atom stereocenters. The molecule has 0 atom stereocenters. The zero-order valence-electron chi connectivity index (χ0n) is 12.1. The highest BCUT2D eigenvalue weighted by Crippen LogP contribution is 2.27. The van der Waals surface area contributed by atoms with Crippen molar-refractivity contribution in [1.82, 2.24) is 9.97 Å². The van der Waals surface area contributed by atoms with E-state index >= 15 is 0 Å². The first-order valence-corrected chi connectivity index (χ1v) is 6.64. The predicted molar refractivity (Wildman–Crippen MR) is 81.1 cm³/mol. The largest absolute Gasteiger partial charge is 0.399 e. The molecule has 4 nitrogen and oxygen atoms in total. The summed E-state index contributed by atoms with van der Waals surface area (Å²) in [5.41, 5.74) is 7.59. The number of benzene rings is 1. The lowest BCUT2D eigenvalue weighted by molar-refractivity contribution is 0.269. The van der Waals surface area contributed by atoms with Crippen molar-refractivity contribution >= 4 is 22.4 Å². The van der Waals surface area contributed by atoms with Gasteiger partial charge in [-0.1, -0.05) is 27.7 Å². The van der Waals surface area contributed by atoms with Crippen LogP contribution in [-0.4, -0.2) is 16.5 Å². The fraction of sp³-hybridized carbons (Fsp3) is 0.467. The summed E-state index contributed by atoms with van der Waals surface area (Å²) >= 11 is 0. The molecule has 0 bridgehead atoms. The van der Waals surface area contributed by atoms with Gasteiger partial charge < -0.3 is 11.1 Å². The Hall–Kier alpha value is -1.84. The Morgan fingerprint density at radius 2 is 2.00 bits per heavy atom. The van der Waals surface area contributed by atoms with Gasteiger partial charge in [-0.05, 0) is 29.5 Å². The minimum absolute atomic E-state index is 0.213. The SMILES string of the molecule is CC(C)C(C)(C)CNc1ncnc2cc(N)ccc12. The van der Waals surface area contributed by atoms with E-state index in [1.54, 1.807) is 6.33 Å². The Bertz CT molecular complexity index is 575. The summed E-state index contributed by atoms with van der Waals surface area (Å²) in [6.45, 7) is 9.86. The van der Waals surface area contributed by atoms with Gasteiger partial charge in [0.2, 0.25) is 0 Å². The molecule has 19 heavy (non-hydrogen) atoms. The third kappa shape index (κ3) is 2.95. The van der Waals surface area contributed by atoms with Gasteiger partial charge in [-0.25, -0.2) is 9.97 Å². The van der Waals surface area contributed by atoms with E-state index in [2.05, 4.69) is 43.0 Å². The van der Waals surface area contributed by atoms with E-state index < -0.39 is 0 Å². The van der Waals surface area contributed by atoms with Crippen molar-refractivity contribution < 1.29 is 0 Å². The molecule has 3 N–H and O–H groups in total. The number of aromatic nitrogens is 2. The summed E-state index contributed by atoms with van der Waals surface area (Å²) in [5, 5.41) is 4.45. The van der Waals surface area contributed by atoms with E-state index in [0.29, 0.717) is 5.92 Å². The number of nitrogen functional groups attached to an aromatic ring is 1. The topological polar surface area (TPSA) is 63.8 Å². The molecule has 102 valence electrons. The minimum Gasteiger partial charge on any atom is -0.399 e. The summed E-state index contributed by atoms with van der Waals surface area (Å²) in [6.07, 6.45) is 1.58. The molecular weight excluding hydrogens is 236 g/mol. The van der Waals surface area contributed by atoms with E-state index in [0.717, 1.165) is 29.0 Å². The van der Waals surface area contributed by atoms with Crippen LogP contribution in [0.5, 0.6) is 0 Å². The Morgan fingerprint density at radius 1 is 1.26 bits per heavy atom. The average Bonchev–Trinajstić information content (AvgIpc) is 2.35. The van der Waals surface area contributed by atoms with Gasteiger partial charge in [0.1, 0.15) is 12.1 Å². The fourth-order valence-corrected chi connectivity index (χ4v) is 1.73. The zero-order valence-corrected chi connectivity index (χ0v) is 12.1. The van der Waals surface area contributed by atoms with Crippen molar-refractivity contribution in [2.75, 3.05) is 17.6 Å². The van der Waals surface area contributed by atoms with Crippen molar-refractivity contribution in [3.05, 3.63) is 24.5 Å². The first-order chi connectivity index (χ1) is 8.90. The van der Waals surface area contributed by atoms with Crippen LogP contribution in [0.25, 0.3) is 10.9 Å². The molecule has 1 aromatic carbocycles. The molecule has 0 saturated heterocycles. The van der Waals surface area contributed by atoms with Crippen LogP contribution in [0.4, 0.5) is 11.5 Å². The molecular formula is C15H22N4. The van der Waals surface area contributed by atoms with Crippen molar-refractivity contribution in [2.45, 2.75) is 27.7 Å². The molecule has 4 heteroatoms. The van der Waals surface area contributed by atoms with Crippen molar-refractivity contribution in [3.8, 4) is 0 Å². The van der Waals surface area contributed by atoms with Crippen LogP contribution in [-0.2, 0) is 0 Å². The molecule has 0 aliphatic heterocycles. The summed E-state index contributed by atoms with van der Waals surface area (Å²) in [5.74, 6) is 1.47. The van der Waals surface area contributed by atoms with Gasteiger partial charge in [-0.3, -0.25) is 0 Å². The van der Waals surface area contributed by atoms with Gasteiger partial charge in [0.15, 0.2) is 0 Å². The minimum atomic E-state index is 0.213. The summed E-state index contributed by atoms with van der Waals surface area (Å²) in [7, 11) is 0. The number of nitrogens with zero attached hydrogens (tertiary/aromatic N) is 2. The van der Waals surface area contributed by atoms with Crippen molar-refractivity contribution in [1.29, 1.82) is 0 Å². The van der Waals surface area contributed by atoms with Crippen LogP contribution < -0.4 is 11.1 Å². The molecule has 2 rings (SSSR count). The lowest BCUT2D eigenvalue weighted by Crippen LogP contribution is -2.28. The Kier molecular flexibility index (Phi) is 3.60. The van der Waals surface area contributed by atoms with Gasteiger partial charge in [-0.15, -0.1) is 0 Å². The predicted octanol–water partition coefficient (Wildman–Crippen LogP) is 3.31. The molecule has 0 radical (unpaired) electrons. The molecule has 0 amide bonds. The maximum absolute atomic E-state index is 5.78. The number of nitrogens with one attached hydrogen (secondary N) is 1. The molecule has 0 aliphatic carbocycles. The van der Waals surface area contributed by atoms with Crippen LogP contribution in [0.2, 0.25) is 0 Å². The number of fused-ring (bicyclic) bond motifs is 1. The van der Waals surface area contributed by atoms with Crippen molar-refractivity contribution in [3.63, 3.8) is 0 Å². The van der Waals surface area contributed by atoms with Gasteiger partial charge in [0.25, 0.3) is 0 Å². The van der Waals surface area contributed by atoms with Gasteiger partial charge in [-0.2, -0.15) is 0 Å². The third-order valence-corrected chi connectivity index (χ3v) is 3.93. The highest BCUT2D eigenvalue weighted by Gasteiger charge is 2.22. The Labute approximate surface area is 114 Å². The summed E-state index contributed by atoms with van der Waals surface area (Å²) in [4.78, 5) is 8.59. The quantitative estimate of drug-likeness (QED) is 0.826. The van der Waals surface area contributed by atoms with Crippen LogP contribution in [0.15, 0.2) is 24.5 Å². The van der Waals surface area contributed by atoms with E-state index in [1.165, 1.54) is 0 Å². The lowest BCUT2D eigenvalue weighted by Gasteiger charge is -2.29. The second kappa shape index (κ2) is 5.03. The van der Waals surface area contributed by atoms with E-state index in [4.69, 9.17) is 5.73 Å². The number of hydrogen-bond acceptors (Lipinski definition) is 4. The normalized spacial score (nSPS) is 12.1. The van der Waals surface area contributed by atoms with Crippen LogP contribution in [0.1, 0.15) is 27.7 Å². The number of nitrogens with two attached hydrogens (primary N) is 1. The van der Waals surface area contributed by atoms with Gasteiger partial charge >= 0.3 is 0 Å². The third-order valence-electron chi connectivity index (χ3n) is 3.93. The number of hydrogen-bond donors (Lipinski definition) is 2. The standard InChI is InChI=1S/C15H22N4/c1-10(2)15(3,4)8-17-14-12-6-5-11(16)7-13(12)18-9-19-14/h5-7,9-10H,8,16H2,1-4H3,(H,17,18,19). The lowest BCUT2D eigenvalue weighted by atomic mass is 9.81. The second-order valence-corrected chi connectivity index (χ2v) is 6.00. The Balaban J connectivity index is 2.26. The fourth-order valence-electron chi connectivity index (χ4n) is 1.73. The molecule has 0 fully saturated rings. The second-order valence-electron chi connectivity index (χ2n) is 6.00. The van der Waals surface area contributed by atoms with E-state index in [9.17, 15) is 0 Å².